The summed E-state index contributed by atoms with van der Waals surface area (Å²) in [6.45, 7) is 15.0. The monoisotopic (exact) mass is 242 g/mol. The highest BCUT2D eigenvalue weighted by Crippen LogP contribution is 2.08. The van der Waals surface area contributed by atoms with Crippen molar-refractivity contribution in [1.29, 1.82) is 0 Å². The van der Waals surface area contributed by atoms with E-state index in [1.54, 1.807) is 0 Å². The zero-order valence-corrected chi connectivity index (χ0v) is 12.8. The average molecular weight is 242 g/mol. The Morgan fingerprint density at radius 3 is 1.88 bits per heavy atom. The second-order valence-electron chi connectivity index (χ2n) is 4.92. The fraction of sp³-hybridized carbons (Fsp3) is 1.00. The molecule has 0 aliphatic rings. The van der Waals surface area contributed by atoms with Crippen LogP contribution in [0.3, 0.4) is 0 Å². The Kier molecular flexibility index (Phi) is 11.0. The molecule has 0 aromatic rings. The van der Waals surface area contributed by atoms with Crippen molar-refractivity contribution < 1.29 is 0 Å². The van der Waals surface area contributed by atoms with Crippen molar-refractivity contribution in [3.63, 3.8) is 0 Å². The molecule has 0 unspecified atom stereocenters. The summed E-state index contributed by atoms with van der Waals surface area (Å²) >= 11 is 0. The van der Waals surface area contributed by atoms with Gasteiger partial charge in [-0.05, 0) is 51.7 Å². The summed E-state index contributed by atoms with van der Waals surface area (Å²) in [5, 5.41) is 3.65. The summed E-state index contributed by atoms with van der Waals surface area (Å²) in [5.74, 6) is 0. The van der Waals surface area contributed by atoms with Gasteiger partial charge in [0.25, 0.3) is 0 Å². The summed E-state index contributed by atoms with van der Waals surface area (Å²) in [6, 6.07) is 1.51. The summed E-state index contributed by atoms with van der Waals surface area (Å²) in [7, 11) is 0. The van der Waals surface area contributed by atoms with Crippen molar-refractivity contribution in [2.45, 2.75) is 78.8 Å². The second kappa shape index (κ2) is 11.0. The van der Waals surface area contributed by atoms with Crippen LogP contribution in [0.4, 0.5) is 0 Å². The minimum Gasteiger partial charge on any atom is -0.314 e. The van der Waals surface area contributed by atoms with Crippen LogP contribution in [0.2, 0.25) is 0 Å². The van der Waals surface area contributed by atoms with Crippen molar-refractivity contribution >= 4 is 0 Å². The highest BCUT2D eigenvalue weighted by Gasteiger charge is 2.12. The smallest absolute Gasteiger partial charge is 0.00898 e. The van der Waals surface area contributed by atoms with Crippen LogP contribution in [0.5, 0.6) is 0 Å². The summed E-state index contributed by atoms with van der Waals surface area (Å²) in [4.78, 5) is 2.63. The quantitative estimate of drug-likeness (QED) is 0.556. The van der Waals surface area contributed by atoms with Crippen molar-refractivity contribution in [2.24, 2.45) is 0 Å². The van der Waals surface area contributed by atoms with Gasteiger partial charge < -0.3 is 10.2 Å². The molecule has 0 amide bonds. The Morgan fingerprint density at radius 2 is 1.47 bits per heavy atom. The van der Waals surface area contributed by atoms with E-state index in [1.807, 2.05) is 0 Å². The van der Waals surface area contributed by atoms with Gasteiger partial charge in [0.15, 0.2) is 0 Å². The molecule has 104 valence electrons. The maximum atomic E-state index is 3.65. The van der Waals surface area contributed by atoms with Gasteiger partial charge in [-0.3, -0.25) is 0 Å². The molecular weight excluding hydrogens is 208 g/mol. The molecule has 0 rings (SSSR count). The van der Waals surface area contributed by atoms with E-state index >= 15 is 0 Å². The number of hydrogen-bond acceptors (Lipinski definition) is 2. The molecule has 0 spiro atoms. The zero-order chi connectivity index (χ0) is 13.1. The van der Waals surface area contributed by atoms with E-state index in [9.17, 15) is 0 Å². The van der Waals surface area contributed by atoms with Gasteiger partial charge in [-0.25, -0.2) is 0 Å². The molecule has 0 bridgehead atoms. The van der Waals surface area contributed by atoms with E-state index < -0.39 is 0 Å². The molecule has 0 heterocycles. The molecule has 0 aliphatic heterocycles. The van der Waals surface area contributed by atoms with Gasteiger partial charge in [0.05, 0.1) is 0 Å². The van der Waals surface area contributed by atoms with E-state index in [2.05, 4.69) is 44.8 Å². The number of rotatable bonds is 11. The van der Waals surface area contributed by atoms with Gasteiger partial charge in [-0.15, -0.1) is 0 Å². The molecule has 0 aromatic heterocycles. The molecule has 0 saturated heterocycles. The van der Waals surface area contributed by atoms with Crippen LogP contribution < -0.4 is 5.32 Å². The largest absolute Gasteiger partial charge is 0.314 e. The average Bonchev–Trinajstić information content (AvgIpc) is 2.37. The SMILES string of the molecule is CCC(CC)NCCCN(CC)C(CC)CC. The topological polar surface area (TPSA) is 15.3 Å². The molecule has 1 N–H and O–H groups in total. The molecule has 2 nitrogen and oxygen atoms in total. The van der Waals surface area contributed by atoms with Crippen LogP contribution in [0, 0.1) is 0 Å². The van der Waals surface area contributed by atoms with Gasteiger partial charge in [0, 0.05) is 12.1 Å². The maximum Gasteiger partial charge on any atom is 0.00898 e. The molecular formula is C15H34N2. The third kappa shape index (κ3) is 7.05. The standard InChI is InChI=1S/C15H34N2/c1-6-14(7-2)16-12-11-13-17(10-5)15(8-3)9-4/h14-16H,6-13H2,1-5H3. The first-order chi connectivity index (χ1) is 8.23. The molecule has 0 aliphatic carbocycles. The van der Waals surface area contributed by atoms with Gasteiger partial charge >= 0.3 is 0 Å². The van der Waals surface area contributed by atoms with E-state index in [1.165, 1.54) is 51.7 Å². The number of nitrogens with zero attached hydrogens (tertiary/aromatic N) is 1. The van der Waals surface area contributed by atoms with E-state index in [4.69, 9.17) is 0 Å². The van der Waals surface area contributed by atoms with Crippen molar-refractivity contribution in [3.05, 3.63) is 0 Å². The minimum atomic E-state index is 0.721. The van der Waals surface area contributed by atoms with Crippen molar-refractivity contribution in [1.82, 2.24) is 10.2 Å². The van der Waals surface area contributed by atoms with Crippen LogP contribution in [0.1, 0.15) is 66.7 Å². The van der Waals surface area contributed by atoms with Crippen LogP contribution in [-0.4, -0.2) is 36.6 Å². The Hall–Kier alpha value is -0.0800. The lowest BCUT2D eigenvalue weighted by molar-refractivity contribution is 0.192. The third-order valence-electron chi connectivity index (χ3n) is 3.91. The van der Waals surface area contributed by atoms with E-state index in [0.717, 1.165) is 12.1 Å². The fourth-order valence-corrected chi connectivity index (χ4v) is 2.57. The Bertz CT molecular complexity index is 151. The lowest BCUT2D eigenvalue weighted by atomic mass is 10.1. The minimum absolute atomic E-state index is 0.721. The van der Waals surface area contributed by atoms with Crippen LogP contribution >= 0.6 is 0 Å². The summed E-state index contributed by atoms with van der Waals surface area (Å²) in [6.07, 6.45) is 6.34. The first-order valence-electron chi connectivity index (χ1n) is 7.70. The van der Waals surface area contributed by atoms with Crippen molar-refractivity contribution in [2.75, 3.05) is 19.6 Å². The summed E-state index contributed by atoms with van der Waals surface area (Å²) < 4.78 is 0. The van der Waals surface area contributed by atoms with E-state index in [-0.39, 0.29) is 0 Å². The highest BCUT2D eigenvalue weighted by molar-refractivity contribution is 4.69. The van der Waals surface area contributed by atoms with Gasteiger partial charge in [-0.2, -0.15) is 0 Å². The molecule has 0 radical (unpaired) electrons. The number of nitrogens with one attached hydrogen (secondary N) is 1. The third-order valence-corrected chi connectivity index (χ3v) is 3.91. The molecule has 0 atom stereocenters. The maximum absolute atomic E-state index is 3.65. The van der Waals surface area contributed by atoms with Crippen LogP contribution in [0.15, 0.2) is 0 Å². The molecule has 17 heavy (non-hydrogen) atoms. The Balaban J connectivity index is 3.76. The van der Waals surface area contributed by atoms with Crippen molar-refractivity contribution in [3.8, 4) is 0 Å². The predicted molar refractivity (Wildman–Crippen MR) is 78.6 cm³/mol. The molecule has 0 aromatic carbocycles. The van der Waals surface area contributed by atoms with Gasteiger partial charge in [0.1, 0.15) is 0 Å². The normalized spacial score (nSPS) is 12.0. The Labute approximate surface area is 109 Å². The fourth-order valence-electron chi connectivity index (χ4n) is 2.57. The molecule has 0 saturated carbocycles. The zero-order valence-electron chi connectivity index (χ0n) is 12.8. The number of hydrogen-bond donors (Lipinski definition) is 1. The molecule has 0 fully saturated rings. The first kappa shape index (κ1) is 16.9. The predicted octanol–water partition coefficient (Wildman–Crippen LogP) is 3.67. The molecule has 2 heteroatoms. The van der Waals surface area contributed by atoms with Gasteiger partial charge in [0.2, 0.25) is 0 Å². The highest BCUT2D eigenvalue weighted by atomic mass is 15.1. The second-order valence-corrected chi connectivity index (χ2v) is 4.92. The summed E-state index contributed by atoms with van der Waals surface area (Å²) in [5.41, 5.74) is 0. The van der Waals surface area contributed by atoms with Gasteiger partial charge in [-0.1, -0.05) is 34.6 Å². The first-order valence-corrected chi connectivity index (χ1v) is 7.70. The Morgan fingerprint density at radius 1 is 0.882 bits per heavy atom. The lowest BCUT2D eigenvalue weighted by Gasteiger charge is -2.29. The lowest BCUT2D eigenvalue weighted by Crippen LogP contribution is -2.37. The van der Waals surface area contributed by atoms with Crippen LogP contribution in [0.25, 0.3) is 0 Å². The van der Waals surface area contributed by atoms with Crippen LogP contribution in [-0.2, 0) is 0 Å². The van der Waals surface area contributed by atoms with E-state index in [0.29, 0.717) is 0 Å².